The van der Waals surface area contributed by atoms with Gasteiger partial charge in [-0.15, -0.1) is 0 Å². The number of ether oxygens (including phenoxy) is 1. The maximum Gasteiger partial charge on any atom is 0.340 e. The predicted molar refractivity (Wildman–Crippen MR) is 175 cm³/mol. The van der Waals surface area contributed by atoms with Gasteiger partial charge in [-0.1, -0.05) is 51.3 Å². The van der Waals surface area contributed by atoms with Gasteiger partial charge in [0.05, 0.1) is 39.9 Å². The Bertz CT molecular complexity index is 1880. The van der Waals surface area contributed by atoms with Crippen molar-refractivity contribution in [1.82, 2.24) is 9.65 Å². The van der Waals surface area contributed by atoms with Crippen LogP contribution < -0.4 is 4.90 Å². The molecule has 1 aromatic heterocycles. The zero-order chi connectivity index (χ0) is 34.0. The van der Waals surface area contributed by atoms with E-state index in [1.807, 2.05) is 0 Å². The molecule has 0 spiro atoms. The number of nitrogens with zero attached hydrogens (tertiary/aromatic N) is 3. The smallest absolute Gasteiger partial charge is 0.340 e. The van der Waals surface area contributed by atoms with E-state index in [1.54, 1.807) is 35.2 Å². The van der Waals surface area contributed by atoms with Gasteiger partial charge in [0.15, 0.2) is 15.6 Å². The molecule has 3 aromatic carbocycles. The lowest BCUT2D eigenvalue weighted by Crippen LogP contribution is -2.45. The first-order chi connectivity index (χ1) is 21.5. The van der Waals surface area contributed by atoms with Gasteiger partial charge in [-0.25, -0.2) is 13.4 Å². The van der Waals surface area contributed by atoms with E-state index in [0.29, 0.717) is 27.6 Å². The molecule has 1 N–H and O–H groups in total. The summed E-state index contributed by atoms with van der Waals surface area (Å²) >= 11 is 15.6. The highest BCUT2D eigenvalue weighted by Crippen LogP contribution is 2.46. The Morgan fingerprint density at radius 3 is 2.37 bits per heavy atom. The molecule has 0 aliphatic carbocycles. The summed E-state index contributed by atoms with van der Waals surface area (Å²) in [5, 5.41) is 0.530. The fraction of sp³-hybridized carbons (Fsp3) is 0.241. The lowest BCUT2D eigenvalue weighted by molar-refractivity contribution is -0.165. The van der Waals surface area contributed by atoms with Gasteiger partial charge >= 0.3 is 18.0 Å². The van der Waals surface area contributed by atoms with Gasteiger partial charge < -0.3 is 14.0 Å². The Kier molecular flexibility index (Phi) is 11.4. The molecule has 1 heterocycles. The second-order valence-electron chi connectivity index (χ2n) is 9.92. The van der Waals surface area contributed by atoms with Crippen molar-refractivity contribution in [2.24, 2.45) is 0 Å². The van der Waals surface area contributed by atoms with E-state index in [-0.39, 0.29) is 38.2 Å². The second-order valence-corrected chi connectivity index (χ2v) is 14.7. The maximum absolute atomic E-state index is 15.7. The van der Waals surface area contributed by atoms with E-state index >= 15 is 8.78 Å². The molecule has 0 aliphatic heterocycles. The summed E-state index contributed by atoms with van der Waals surface area (Å²) < 4.78 is 77.8. The minimum absolute atomic E-state index is 0.0227. The van der Waals surface area contributed by atoms with Crippen LogP contribution in [0.1, 0.15) is 25.0 Å². The molecular formula is C29H27BrCl2F2N3O7PS. The normalized spacial score (nSPS) is 13.4. The van der Waals surface area contributed by atoms with Crippen LogP contribution in [0.4, 0.5) is 20.5 Å². The highest BCUT2D eigenvalue weighted by molar-refractivity contribution is 9.10. The van der Waals surface area contributed by atoms with Crippen LogP contribution in [-0.2, 0) is 36.5 Å². The highest BCUT2D eigenvalue weighted by Gasteiger charge is 2.48. The van der Waals surface area contributed by atoms with Gasteiger partial charge in [-0.2, -0.15) is 13.5 Å². The number of halogens is 5. The van der Waals surface area contributed by atoms with Crippen LogP contribution in [0.2, 0.25) is 10.0 Å². The van der Waals surface area contributed by atoms with Crippen LogP contribution >= 0.6 is 47.3 Å². The van der Waals surface area contributed by atoms with E-state index in [1.165, 1.54) is 37.4 Å². The van der Waals surface area contributed by atoms with Gasteiger partial charge in [0, 0.05) is 22.0 Å². The number of benzene rings is 3. The molecule has 0 radical (unpaired) electrons. The number of oxazole rings is 1. The van der Waals surface area contributed by atoms with Gasteiger partial charge in [0.1, 0.15) is 6.04 Å². The topological polar surface area (TPSA) is 130 Å². The molecule has 0 saturated heterocycles. The molecule has 0 bridgehead atoms. The Morgan fingerprint density at radius 2 is 1.80 bits per heavy atom. The van der Waals surface area contributed by atoms with Gasteiger partial charge in [0.25, 0.3) is 8.18 Å². The summed E-state index contributed by atoms with van der Waals surface area (Å²) in [4.78, 5) is 28.1. The highest BCUT2D eigenvalue weighted by atomic mass is 79.9. The lowest BCUT2D eigenvalue weighted by Gasteiger charge is -2.32. The summed E-state index contributed by atoms with van der Waals surface area (Å²) in [6.07, 6.45) is 2.55. The Morgan fingerprint density at radius 1 is 1.13 bits per heavy atom. The number of carbonyl (C=O) groups excluding carboxylic acids is 1. The summed E-state index contributed by atoms with van der Waals surface area (Å²) in [5.74, 6) is -0.748. The number of aromatic nitrogens is 1. The van der Waals surface area contributed by atoms with Crippen molar-refractivity contribution in [1.29, 1.82) is 0 Å². The van der Waals surface area contributed by atoms with Crippen molar-refractivity contribution >= 4 is 74.8 Å². The molecule has 0 fully saturated rings. The third kappa shape index (κ3) is 7.99. The molecule has 0 amide bonds. The van der Waals surface area contributed by atoms with Crippen LogP contribution in [0.5, 0.6) is 0 Å². The Balaban J connectivity index is 1.70. The molecule has 246 valence electrons. The molecule has 0 saturated carbocycles. The molecule has 4 aromatic rings. The average molecular weight is 781 g/mol. The van der Waals surface area contributed by atoms with E-state index < -0.39 is 41.6 Å². The van der Waals surface area contributed by atoms with Crippen LogP contribution in [-0.4, -0.2) is 47.8 Å². The van der Waals surface area contributed by atoms with Gasteiger partial charge in [-0.3, -0.25) is 14.3 Å². The van der Waals surface area contributed by atoms with Crippen molar-refractivity contribution in [2.45, 2.75) is 37.4 Å². The Labute approximate surface area is 282 Å². The number of carbonyl (C=O) groups is 1. The van der Waals surface area contributed by atoms with Crippen LogP contribution in [0.25, 0.3) is 11.3 Å². The summed E-state index contributed by atoms with van der Waals surface area (Å²) in [6, 6.07) is 9.03. The van der Waals surface area contributed by atoms with Gasteiger partial charge in [-0.05, 0) is 67.9 Å². The summed E-state index contributed by atoms with van der Waals surface area (Å²) in [6.45, 7) is 2.48. The third-order valence-corrected chi connectivity index (χ3v) is 10.3. The third-order valence-electron chi connectivity index (χ3n) is 6.73. The predicted octanol–water partition coefficient (Wildman–Crippen LogP) is 7.84. The molecule has 4 rings (SSSR count). The molecule has 46 heavy (non-hydrogen) atoms. The van der Waals surface area contributed by atoms with Crippen molar-refractivity contribution < 1.29 is 40.6 Å². The Hall–Kier alpha value is -2.84. The van der Waals surface area contributed by atoms with Crippen molar-refractivity contribution in [3.8, 4) is 11.3 Å². The van der Waals surface area contributed by atoms with Crippen molar-refractivity contribution in [3.05, 3.63) is 92.5 Å². The number of hydrogen-bond acceptors (Lipinski definition) is 8. The minimum atomic E-state index is -4.06. The first kappa shape index (κ1) is 36.0. The summed E-state index contributed by atoms with van der Waals surface area (Å²) in [7, 11) is -7.47. The first-order valence-electron chi connectivity index (χ1n) is 13.4. The van der Waals surface area contributed by atoms with E-state index in [9.17, 15) is 22.7 Å². The number of esters is 1. The minimum Gasteiger partial charge on any atom is -0.465 e. The fourth-order valence-electron chi connectivity index (χ4n) is 4.42. The number of anilines is 2. The fourth-order valence-corrected chi connectivity index (χ4v) is 6.81. The molecule has 0 aliphatic rings. The maximum atomic E-state index is 15.7. The monoisotopic (exact) mass is 779 g/mol. The first-order valence-corrected chi connectivity index (χ1v) is 18.1. The molecule has 2 atom stereocenters. The van der Waals surface area contributed by atoms with Gasteiger partial charge in [0.2, 0.25) is 0 Å². The van der Waals surface area contributed by atoms with Crippen molar-refractivity contribution in [3.63, 3.8) is 0 Å². The number of sulfone groups is 1. The van der Waals surface area contributed by atoms with Crippen LogP contribution in [0.15, 0.2) is 80.6 Å². The van der Waals surface area contributed by atoms with E-state index in [2.05, 4.69) is 20.9 Å². The quantitative estimate of drug-likeness (QED) is 0.0863. The SMILES string of the molecule is CCOC(=O)C(C)N([PH](=O)O)C(F)(F)c1ccc(CN(c2ccc(Cl)c(Cl)c2)c2ncc(-c3ccc(S(C)(=O)=O)cc3)o2)cc1Br. The zero-order valence-corrected chi connectivity index (χ0v) is 29.3. The number of hydrogen-bond donors (Lipinski definition) is 1. The lowest BCUT2D eigenvalue weighted by atomic mass is 10.1. The number of rotatable bonds is 12. The van der Waals surface area contributed by atoms with E-state index in [0.717, 1.165) is 19.2 Å². The molecule has 10 nitrogen and oxygen atoms in total. The molecule has 17 heteroatoms. The van der Waals surface area contributed by atoms with Crippen molar-refractivity contribution in [2.75, 3.05) is 17.8 Å². The summed E-state index contributed by atoms with van der Waals surface area (Å²) in [5.41, 5.74) is 0.877. The second kappa shape index (κ2) is 14.5. The van der Waals surface area contributed by atoms with Crippen LogP contribution in [0.3, 0.4) is 0 Å². The zero-order valence-electron chi connectivity index (χ0n) is 24.4. The van der Waals surface area contributed by atoms with E-state index in [4.69, 9.17) is 32.4 Å². The average Bonchev–Trinajstić information content (AvgIpc) is 3.47. The number of alkyl halides is 2. The molecular weight excluding hydrogens is 754 g/mol. The molecule has 2 unspecified atom stereocenters. The van der Waals surface area contributed by atoms with Crippen LogP contribution in [0, 0.1) is 0 Å². The standard InChI is InChI=1S/C29H27BrCl2F2N3O7PS/c1-4-43-27(38)17(2)37(45(39)40)29(33,34)22-11-5-18(13-23(22)30)16-36(20-8-12-24(31)25(32)14-20)28-35-15-26(44-28)19-6-9-21(10-7-19)46(3,41)42/h5-15,17,45H,4,16H2,1-3H3,(H,39,40). The largest absolute Gasteiger partial charge is 0.465 e.